The minimum atomic E-state index is 1.10. The summed E-state index contributed by atoms with van der Waals surface area (Å²) in [4.78, 5) is 0. The van der Waals surface area contributed by atoms with Gasteiger partial charge in [0.25, 0.3) is 0 Å². The van der Waals surface area contributed by atoms with Crippen molar-refractivity contribution >= 4 is 0 Å². The summed E-state index contributed by atoms with van der Waals surface area (Å²) in [6.45, 7) is 1.10. The summed E-state index contributed by atoms with van der Waals surface area (Å²) in [7, 11) is 2.01. The van der Waals surface area contributed by atoms with E-state index in [-0.39, 0.29) is 0 Å². The molecular formula is C8H15N. The first-order valence-corrected chi connectivity index (χ1v) is 3.76. The average Bonchev–Trinajstić information content (AvgIpc) is 1.91. The second kappa shape index (κ2) is 3.67. The van der Waals surface area contributed by atoms with Crippen molar-refractivity contribution in [2.45, 2.75) is 25.7 Å². The Bertz CT molecular complexity index is 105. The van der Waals surface area contributed by atoms with Gasteiger partial charge < -0.3 is 5.32 Å². The predicted molar refractivity (Wildman–Crippen MR) is 40.5 cm³/mol. The number of hydrogen-bond acceptors (Lipinski definition) is 1. The van der Waals surface area contributed by atoms with E-state index in [4.69, 9.17) is 0 Å². The lowest BCUT2D eigenvalue weighted by Gasteiger charge is -2.10. The zero-order chi connectivity index (χ0) is 6.53. The molecule has 0 saturated heterocycles. The molecule has 0 aromatic heterocycles. The number of allylic oxidation sites excluding steroid dienone is 1. The summed E-state index contributed by atoms with van der Waals surface area (Å²) < 4.78 is 0. The topological polar surface area (TPSA) is 12.0 Å². The Labute approximate surface area is 57.1 Å². The maximum Gasteiger partial charge on any atom is 0.0161 e. The Balaban J connectivity index is 2.28. The molecule has 0 aromatic carbocycles. The predicted octanol–water partition coefficient (Wildman–Crippen LogP) is 1.71. The van der Waals surface area contributed by atoms with Crippen LogP contribution in [0, 0.1) is 0 Å². The molecule has 1 heteroatoms. The first-order valence-electron chi connectivity index (χ1n) is 3.76. The van der Waals surface area contributed by atoms with Crippen LogP contribution in [0.5, 0.6) is 0 Å². The largest absolute Gasteiger partial charge is 0.316 e. The molecule has 1 aliphatic carbocycles. The zero-order valence-electron chi connectivity index (χ0n) is 6.11. The van der Waals surface area contributed by atoms with E-state index in [9.17, 15) is 0 Å². The van der Waals surface area contributed by atoms with Crippen LogP contribution < -0.4 is 5.32 Å². The highest BCUT2D eigenvalue weighted by Crippen LogP contribution is 2.15. The van der Waals surface area contributed by atoms with Gasteiger partial charge in [0.2, 0.25) is 0 Å². The molecule has 1 N–H and O–H groups in total. The molecule has 1 aliphatic rings. The van der Waals surface area contributed by atoms with Crippen molar-refractivity contribution in [2.75, 3.05) is 13.6 Å². The average molecular weight is 125 g/mol. The molecule has 0 spiro atoms. The van der Waals surface area contributed by atoms with E-state index in [1.807, 2.05) is 7.05 Å². The lowest BCUT2D eigenvalue weighted by molar-refractivity contribution is 0.673. The van der Waals surface area contributed by atoms with Crippen molar-refractivity contribution in [3.63, 3.8) is 0 Å². The van der Waals surface area contributed by atoms with Gasteiger partial charge in [0.05, 0.1) is 0 Å². The van der Waals surface area contributed by atoms with E-state index in [1.165, 1.54) is 25.7 Å². The van der Waals surface area contributed by atoms with Crippen molar-refractivity contribution in [1.82, 2.24) is 5.32 Å². The van der Waals surface area contributed by atoms with Crippen molar-refractivity contribution in [3.8, 4) is 0 Å². The monoisotopic (exact) mass is 125 g/mol. The summed E-state index contributed by atoms with van der Waals surface area (Å²) in [5.41, 5.74) is 1.60. The molecule has 0 saturated carbocycles. The number of rotatable bonds is 2. The Morgan fingerprint density at radius 3 is 3.00 bits per heavy atom. The Kier molecular flexibility index (Phi) is 2.78. The molecule has 0 heterocycles. The van der Waals surface area contributed by atoms with Gasteiger partial charge in [0.1, 0.15) is 0 Å². The van der Waals surface area contributed by atoms with Gasteiger partial charge >= 0.3 is 0 Å². The zero-order valence-corrected chi connectivity index (χ0v) is 6.11. The molecule has 1 nitrogen and oxygen atoms in total. The van der Waals surface area contributed by atoms with Gasteiger partial charge in [-0.15, -0.1) is 0 Å². The first kappa shape index (κ1) is 6.81. The van der Waals surface area contributed by atoms with Gasteiger partial charge in [-0.05, 0) is 32.7 Å². The minimum Gasteiger partial charge on any atom is -0.316 e. The fourth-order valence-electron chi connectivity index (χ4n) is 1.29. The molecule has 0 radical (unpaired) electrons. The third-order valence-electron chi connectivity index (χ3n) is 1.79. The van der Waals surface area contributed by atoms with Crippen LogP contribution in [-0.4, -0.2) is 13.6 Å². The van der Waals surface area contributed by atoms with Crippen LogP contribution in [-0.2, 0) is 0 Å². The molecule has 1 rings (SSSR count). The second-order valence-corrected chi connectivity index (χ2v) is 2.64. The number of hydrogen-bond donors (Lipinski definition) is 1. The third-order valence-corrected chi connectivity index (χ3v) is 1.79. The van der Waals surface area contributed by atoms with E-state index in [0.717, 1.165) is 6.54 Å². The molecule has 0 aliphatic heterocycles. The van der Waals surface area contributed by atoms with E-state index in [2.05, 4.69) is 11.4 Å². The molecule has 0 unspecified atom stereocenters. The van der Waals surface area contributed by atoms with Crippen LogP contribution in [0.4, 0.5) is 0 Å². The fourth-order valence-corrected chi connectivity index (χ4v) is 1.29. The normalized spacial score (nSPS) is 19.4. The fraction of sp³-hybridized carbons (Fsp3) is 0.750. The Hall–Kier alpha value is -0.300. The second-order valence-electron chi connectivity index (χ2n) is 2.64. The smallest absolute Gasteiger partial charge is 0.0161 e. The molecule has 52 valence electrons. The highest BCUT2D eigenvalue weighted by Gasteiger charge is 2.00. The summed E-state index contributed by atoms with van der Waals surface area (Å²) in [5.74, 6) is 0. The summed E-state index contributed by atoms with van der Waals surface area (Å²) in [6.07, 6.45) is 7.79. The Morgan fingerprint density at radius 2 is 2.44 bits per heavy atom. The Morgan fingerprint density at radius 1 is 1.56 bits per heavy atom. The van der Waals surface area contributed by atoms with Gasteiger partial charge in [0.15, 0.2) is 0 Å². The van der Waals surface area contributed by atoms with Crippen LogP contribution in [0.15, 0.2) is 11.6 Å². The van der Waals surface area contributed by atoms with Gasteiger partial charge in [-0.25, -0.2) is 0 Å². The van der Waals surface area contributed by atoms with Crippen LogP contribution in [0.1, 0.15) is 25.7 Å². The molecule has 0 bridgehead atoms. The molecule has 0 atom stereocenters. The van der Waals surface area contributed by atoms with E-state index in [0.29, 0.717) is 0 Å². The summed E-state index contributed by atoms with van der Waals surface area (Å²) in [6, 6.07) is 0. The van der Waals surface area contributed by atoms with Gasteiger partial charge in [-0.2, -0.15) is 0 Å². The van der Waals surface area contributed by atoms with Crippen LogP contribution >= 0.6 is 0 Å². The highest BCUT2D eigenvalue weighted by atomic mass is 14.8. The van der Waals surface area contributed by atoms with E-state index in [1.54, 1.807) is 5.57 Å². The first-order chi connectivity index (χ1) is 4.43. The minimum absolute atomic E-state index is 1.10. The SMILES string of the molecule is CNCC1=CCCCC1. The molecule has 0 amide bonds. The van der Waals surface area contributed by atoms with Crippen LogP contribution in [0.3, 0.4) is 0 Å². The van der Waals surface area contributed by atoms with Crippen molar-refractivity contribution in [1.29, 1.82) is 0 Å². The maximum absolute atomic E-state index is 3.17. The maximum atomic E-state index is 3.17. The molecular weight excluding hydrogens is 110 g/mol. The van der Waals surface area contributed by atoms with Gasteiger partial charge in [0, 0.05) is 6.54 Å². The van der Waals surface area contributed by atoms with Crippen molar-refractivity contribution in [2.24, 2.45) is 0 Å². The van der Waals surface area contributed by atoms with Crippen LogP contribution in [0.25, 0.3) is 0 Å². The van der Waals surface area contributed by atoms with E-state index >= 15 is 0 Å². The number of likely N-dealkylation sites (N-methyl/N-ethyl adjacent to an activating group) is 1. The van der Waals surface area contributed by atoms with Crippen molar-refractivity contribution < 1.29 is 0 Å². The van der Waals surface area contributed by atoms with Crippen molar-refractivity contribution in [3.05, 3.63) is 11.6 Å². The third kappa shape index (κ3) is 2.19. The lowest BCUT2D eigenvalue weighted by atomic mass is 10.00. The van der Waals surface area contributed by atoms with Gasteiger partial charge in [-0.3, -0.25) is 0 Å². The molecule has 0 aromatic rings. The quantitative estimate of drug-likeness (QED) is 0.554. The number of nitrogens with one attached hydrogen (secondary N) is 1. The molecule has 9 heavy (non-hydrogen) atoms. The highest BCUT2D eigenvalue weighted by molar-refractivity contribution is 5.06. The summed E-state index contributed by atoms with van der Waals surface area (Å²) in [5, 5.41) is 3.17. The van der Waals surface area contributed by atoms with E-state index < -0.39 is 0 Å². The standard InChI is InChI=1S/C8H15N/c1-9-7-8-5-3-2-4-6-8/h5,9H,2-4,6-7H2,1H3. The lowest BCUT2D eigenvalue weighted by Crippen LogP contribution is -2.11. The van der Waals surface area contributed by atoms with Gasteiger partial charge in [-0.1, -0.05) is 11.6 Å². The van der Waals surface area contributed by atoms with Crippen LogP contribution in [0.2, 0.25) is 0 Å². The molecule has 0 fully saturated rings. The summed E-state index contributed by atoms with van der Waals surface area (Å²) >= 11 is 0.